The van der Waals surface area contributed by atoms with E-state index in [1.54, 1.807) is 41.5 Å². The Bertz CT molecular complexity index is 998. The minimum Gasteiger partial charge on any atom is -0.370 e. The molecule has 0 bridgehead atoms. The van der Waals surface area contributed by atoms with Gasteiger partial charge in [0.15, 0.2) is 5.65 Å². The Morgan fingerprint density at radius 1 is 1.26 bits per heavy atom. The predicted octanol–water partition coefficient (Wildman–Crippen LogP) is 1.07. The van der Waals surface area contributed by atoms with E-state index in [2.05, 4.69) is 37.3 Å². The number of hydrogen-bond acceptors (Lipinski definition) is 6. The van der Waals surface area contributed by atoms with Gasteiger partial charge in [0.2, 0.25) is 5.91 Å². The molecule has 0 unspecified atom stereocenters. The number of fused-ring (bicyclic) bond motifs is 1. The zero-order chi connectivity index (χ0) is 19.2. The second-order valence-corrected chi connectivity index (χ2v) is 5.63. The lowest BCUT2D eigenvalue weighted by molar-refractivity contribution is -0.118. The number of hydrogen-bond donors (Lipinski definition) is 3. The monoisotopic (exact) mass is 366 g/mol. The van der Waals surface area contributed by atoms with Gasteiger partial charge in [0.1, 0.15) is 11.3 Å². The fourth-order valence-electron chi connectivity index (χ4n) is 2.27. The molecule has 0 spiro atoms. The zero-order valence-corrected chi connectivity index (χ0v) is 14.4. The Morgan fingerprint density at radius 3 is 2.89 bits per heavy atom. The van der Waals surface area contributed by atoms with E-state index >= 15 is 0 Å². The van der Waals surface area contributed by atoms with E-state index < -0.39 is 0 Å². The number of anilines is 1. The van der Waals surface area contributed by atoms with E-state index in [-0.39, 0.29) is 18.4 Å². The molecule has 10 nitrogen and oxygen atoms in total. The van der Waals surface area contributed by atoms with E-state index in [4.69, 9.17) is 5.73 Å². The summed E-state index contributed by atoms with van der Waals surface area (Å²) in [6, 6.07) is 2.98. The van der Waals surface area contributed by atoms with Crippen molar-refractivity contribution in [3.63, 3.8) is 0 Å². The fraction of sp³-hybridized carbons (Fsp3) is 0.176. The van der Waals surface area contributed by atoms with Gasteiger partial charge in [0.05, 0.1) is 18.1 Å². The lowest BCUT2D eigenvalue weighted by Crippen LogP contribution is -2.28. The largest absolute Gasteiger partial charge is 0.370 e. The summed E-state index contributed by atoms with van der Waals surface area (Å²) >= 11 is 0. The van der Waals surface area contributed by atoms with Gasteiger partial charge in [-0.15, -0.1) is 6.58 Å². The summed E-state index contributed by atoms with van der Waals surface area (Å²) in [6.45, 7) is 4.28. The number of pyridine rings is 1. The minimum absolute atomic E-state index is 0.203. The molecule has 10 heteroatoms. The van der Waals surface area contributed by atoms with E-state index in [0.29, 0.717) is 35.8 Å². The number of nitrogens with zero attached hydrogens (tertiary/aromatic N) is 5. The number of rotatable bonds is 7. The first-order chi connectivity index (χ1) is 13.0. The van der Waals surface area contributed by atoms with Crippen LogP contribution in [0.5, 0.6) is 0 Å². The second-order valence-electron chi connectivity index (χ2n) is 5.63. The highest BCUT2D eigenvalue weighted by molar-refractivity contribution is 5.89. The van der Waals surface area contributed by atoms with Crippen molar-refractivity contribution in [2.75, 3.05) is 11.9 Å². The number of nitrogens with one attached hydrogen (secondary N) is 2. The molecule has 0 saturated heterocycles. The molecule has 0 saturated carbocycles. The third kappa shape index (κ3) is 4.63. The molecule has 0 aliphatic carbocycles. The Hall–Kier alpha value is -3.82. The van der Waals surface area contributed by atoms with Gasteiger partial charge in [-0.3, -0.25) is 19.8 Å². The van der Waals surface area contributed by atoms with Crippen LogP contribution in [0.25, 0.3) is 22.4 Å². The minimum atomic E-state index is -0.390. The van der Waals surface area contributed by atoms with E-state index in [1.807, 2.05) is 0 Å². The van der Waals surface area contributed by atoms with Crippen molar-refractivity contribution in [3.8, 4) is 11.3 Å². The molecule has 3 heterocycles. The average molecular weight is 366 g/mol. The lowest BCUT2D eigenvalue weighted by Gasteiger charge is -2.06. The van der Waals surface area contributed by atoms with Crippen LogP contribution in [0.2, 0.25) is 0 Å². The van der Waals surface area contributed by atoms with E-state index in [9.17, 15) is 9.59 Å². The molecule has 0 aliphatic rings. The number of amides is 3. The Kier molecular flexibility index (Phi) is 5.36. The molecule has 138 valence electrons. The number of urea groups is 1. The maximum atomic E-state index is 11.7. The van der Waals surface area contributed by atoms with Crippen LogP contribution < -0.4 is 16.4 Å². The highest BCUT2D eigenvalue weighted by Gasteiger charge is 2.09. The topological polar surface area (TPSA) is 141 Å². The van der Waals surface area contributed by atoms with E-state index in [0.717, 1.165) is 5.56 Å². The van der Waals surface area contributed by atoms with Crippen molar-refractivity contribution in [1.29, 1.82) is 0 Å². The van der Waals surface area contributed by atoms with Gasteiger partial charge < -0.3 is 11.1 Å². The molecule has 0 fully saturated rings. The van der Waals surface area contributed by atoms with Crippen LogP contribution in [-0.4, -0.2) is 43.2 Å². The number of primary amides is 1. The summed E-state index contributed by atoms with van der Waals surface area (Å²) in [5.41, 5.74) is 7.44. The van der Waals surface area contributed by atoms with Crippen LogP contribution >= 0.6 is 0 Å². The normalized spacial score (nSPS) is 10.5. The molecule has 3 aromatic heterocycles. The van der Waals surface area contributed by atoms with Gasteiger partial charge in [0.25, 0.3) is 0 Å². The summed E-state index contributed by atoms with van der Waals surface area (Å²) in [6.07, 6.45) is 6.78. The number of nitrogens with two attached hydrogens (primary N) is 1. The maximum absolute atomic E-state index is 11.7. The molecular formula is C17H18N8O2. The number of carbonyl (C=O) groups excluding carboxylic acids is 2. The molecule has 3 rings (SSSR count). The van der Waals surface area contributed by atoms with E-state index in [1.165, 1.54) is 0 Å². The first-order valence-electron chi connectivity index (χ1n) is 8.16. The summed E-state index contributed by atoms with van der Waals surface area (Å²) in [4.78, 5) is 35.7. The summed E-state index contributed by atoms with van der Waals surface area (Å²) in [7, 11) is 0. The first-order valence-corrected chi connectivity index (χ1v) is 8.16. The van der Waals surface area contributed by atoms with Crippen LogP contribution in [0.3, 0.4) is 0 Å². The molecule has 0 radical (unpaired) electrons. The van der Waals surface area contributed by atoms with Crippen molar-refractivity contribution in [2.24, 2.45) is 5.73 Å². The van der Waals surface area contributed by atoms with Crippen LogP contribution in [0, 0.1) is 0 Å². The third-order valence-corrected chi connectivity index (χ3v) is 3.57. The summed E-state index contributed by atoms with van der Waals surface area (Å²) in [5, 5.41) is 9.40. The van der Waals surface area contributed by atoms with Gasteiger partial charge in [-0.1, -0.05) is 6.08 Å². The average Bonchev–Trinajstić information content (AvgIpc) is 3.13. The van der Waals surface area contributed by atoms with Gasteiger partial charge in [-0.2, -0.15) is 5.10 Å². The second kappa shape index (κ2) is 8.04. The van der Waals surface area contributed by atoms with Crippen LogP contribution in [0.4, 0.5) is 10.6 Å². The standard InChI is InChI=1S/C17H18N8O2/c1-2-6-19-17(27)24-15-4-3-12-16(23-15)22-13(9-20-12)11-8-21-25(10-11)7-5-14(18)26/h2-4,8-10H,1,5-7H2,(H2,18,26)(H2,19,22,23,24,27). The first kappa shape index (κ1) is 18.0. The number of aryl methyl sites for hydroxylation is 1. The van der Waals surface area contributed by atoms with Crippen molar-refractivity contribution in [2.45, 2.75) is 13.0 Å². The maximum Gasteiger partial charge on any atom is 0.320 e. The van der Waals surface area contributed by atoms with Crippen LogP contribution in [-0.2, 0) is 11.3 Å². The smallest absolute Gasteiger partial charge is 0.320 e. The van der Waals surface area contributed by atoms with Gasteiger partial charge in [0, 0.05) is 31.3 Å². The lowest BCUT2D eigenvalue weighted by atomic mass is 10.2. The molecule has 27 heavy (non-hydrogen) atoms. The van der Waals surface area contributed by atoms with Crippen molar-refractivity contribution in [3.05, 3.63) is 43.4 Å². The quantitative estimate of drug-likeness (QED) is 0.534. The van der Waals surface area contributed by atoms with Gasteiger partial charge in [-0.05, 0) is 12.1 Å². The molecule has 0 aromatic carbocycles. The molecule has 0 atom stereocenters. The zero-order valence-electron chi connectivity index (χ0n) is 14.4. The Morgan fingerprint density at radius 2 is 2.11 bits per heavy atom. The van der Waals surface area contributed by atoms with Crippen molar-refractivity contribution in [1.82, 2.24) is 30.0 Å². The van der Waals surface area contributed by atoms with Gasteiger partial charge in [-0.25, -0.2) is 14.8 Å². The molecular weight excluding hydrogens is 348 g/mol. The summed E-state index contributed by atoms with van der Waals surface area (Å²) in [5.74, 6) is -0.0356. The summed E-state index contributed by atoms with van der Waals surface area (Å²) < 4.78 is 1.61. The highest BCUT2D eigenvalue weighted by atomic mass is 16.2. The third-order valence-electron chi connectivity index (χ3n) is 3.57. The molecule has 0 aliphatic heterocycles. The van der Waals surface area contributed by atoms with Gasteiger partial charge >= 0.3 is 6.03 Å². The van der Waals surface area contributed by atoms with Crippen molar-refractivity contribution < 1.29 is 9.59 Å². The molecule has 4 N–H and O–H groups in total. The number of aromatic nitrogens is 5. The predicted molar refractivity (Wildman–Crippen MR) is 99.6 cm³/mol. The van der Waals surface area contributed by atoms with Crippen molar-refractivity contribution >= 4 is 28.9 Å². The Labute approximate surface area is 154 Å². The fourth-order valence-corrected chi connectivity index (χ4v) is 2.27. The van der Waals surface area contributed by atoms with Crippen LogP contribution in [0.15, 0.2) is 43.4 Å². The molecule has 3 aromatic rings. The Balaban J connectivity index is 1.80. The van der Waals surface area contributed by atoms with Crippen LogP contribution in [0.1, 0.15) is 6.42 Å². The highest BCUT2D eigenvalue weighted by Crippen LogP contribution is 2.19. The molecule has 3 amide bonds. The number of carbonyl (C=O) groups is 2. The SMILES string of the molecule is C=CCNC(=O)Nc1ccc2ncc(-c3cnn(CCC(N)=O)c3)nc2n1.